The fourth-order valence-electron chi connectivity index (χ4n) is 3.08. The Balaban J connectivity index is 2.28. The Bertz CT molecular complexity index is 570. The van der Waals surface area contributed by atoms with Gasteiger partial charge in [-0.1, -0.05) is 44.9 Å². The van der Waals surface area contributed by atoms with E-state index in [4.69, 9.17) is 0 Å². The maximum atomic E-state index is 13.1. The van der Waals surface area contributed by atoms with Crippen LogP contribution in [-0.2, 0) is 16.0 Å². The first kappa shape index (κ1) is 17.5. The first-order valence-electron chi connectivity index (χ1n) is 8.72. The molecule has 2 amide bonds. The number of anilines is 1. The number of amides is 2. The Morgan fingerprint density at radius 3 is 2.61 bits per heavy atom. The van der Waals surface area contributed by atoms with Gasteiger partial charge in [0.05, 0.1) is 0 Å². The SMILES string of the molecule is CCCCNC(=O)[C@@]1(C)Cc2ccccc2N(CCCC)C1=O. The lowest BCUT2D eigenvalue weighted by Gasteiger charge is -2.39. The topological polar surface area (TPSA) is 49.4 Å². The standard InChI is InChI=1S/C19H28N2O2/c1-4-6-12-20-17(22)19(3)14-15-10-8-9-11-16(15)21(18(19)23)13-7-5-2/h8-11H,4-7,12-14H2,1-3H3,(H,20,22)/t19-/m1/s1. The van der Waals surface area contributed by atoms with E-state index in [9.17, 15) is 9.59 Å². The Morgan fingerprint density at radius 1 is 1.22 bits per heavy atom. The Kier molecular flexibility index (Phi) is 5.80. The highest BCUT2D eigenvalue weighted by atomic mass is 16.2. The van der Waals surface area contributed by atoms with Crippen LogP contribution in [0, 0.1) is 5.41 Å². The molecule has 126 valence electrons. The zero-order valence-corrected chi connectivity index (χ0v) is 14.5. The number of carbonyl (C=O) groups is 2. The molecule has 0 spiro atoms. The van der Waals surface area contributed by atoms with Crippen LogP contribution in [0.5, 0.6) is 0 Å². The van der Waals surface area contributed by atoms with Crippen molar-refractivity contribution in [3.8, 4) is 0 Å². The highest BCUT2D eigenvalue weighted by molar-refractivity contribution is 6.13. The molecule has 0 saturated heterocycles. The summed E-state index contributed by atoms with van der Waals surface area (Å²) in [6.45, 7) is 7.28. The molecule has 2 rings (SSSR count). The van der Waals surface area contributed by atoms with Gasteiger partial charge in [0, 0.05) is 18.8 Å². The third kappa shape index (κ3) is 3.57. The quantitative estimate of drug-likeness (QED) is 0.620. The number of nitrogens with one attached hydrogen (secondary N) is 1. The van der Waals surface area contributed by atoms with Crippen LogP contribution >= 0.6 is 0 Å². The lowest BCUT2D eigenvalue weighted by Crippen LogP contribution is -2.55. The number of fused-ring (bicyclic) bond motifs is 1. The summed E-state index contributed by atoms with van der Waals surface area (Å²) in [7, 11) is 0. The summed E-state index contributed by atoms with van der Waals surface area (Å²) in [6.07, 6.45) is 4.39. The summed E-state index contributed by atoms with van der Waals surface area (Å²) in [5.41, 5.74) is 1.04. The molecule has 4 heteroatoms. The molecule has 1 aromatic rings. The van der Waals surface area contributed by atoms with Gasteiger partial charge in [-0.3, -0.25) is 9.59 Å². The van der Waals surface area contributed by atoms with Crippen LogP contribution in [0.25, 0.3) is 0 Å². The van der Waals surface area contributed by atoms with E-state index in [0.29, 0.717) is 19.5 Å². The molecule has 1 aliphatic rings. The van der Waals surface area contributed by atoms with Gasteiger partial charge >= 0.3 is 0 Å². The van der Waals surface area contributed by atoms with Crippen molar-refractivity contribution < 1.29 is 9.59 Å². The van der Waals surface area contributed by atoms with Crippen LogP contribution in [0.1, 0.15) is 52.0 Å². The third-order valence-electron chi connectivity index (χ3n) is 4.60. The summed E-state index contributed by atoms with van der Waals surface area (Å²) in [5, 5.41) is 2.95. The number of unbranched alkanes of at least 4 members (excludes halogenated alkanes) is 2. The van der Waals surface area contributed by atoms with Gasteiger partial charge in [-0.2, -0.15) is 0 Å². The summed E-state index contributed by atoms with van der Waals surface area (Å²) in [4.78, 5) is 27.5. The van der Waals surface area contributed by atoms with E-state index in [1.807, 2.05) is 29.2 Å². The van der Waals surface area contributed by atoms with Crippen molar-refractivity contribution in [3.05, 3.63) is 29.8 Å². The molecule has 0 aliphatic carbocycles. The van der Waals surface area contributed by atoms with E-state index in [-0.39, 0.29) is 11.8 Å². The lowest BCUT2D eigenvalue weighted by atomic mass is 9.77. The van der Waals surface area contributed by atoms with Gasteiger partial charge in [-0.15, -0.1) is 0 Å². The molecule has 0 aromatic heterocycles. The maximum absolute atomic E-state index is 13.1. The Morgan fingerprint density at radius 2 is 1.91 bits per heavy atom. The van der Waals surface area contributed by atoms with E-state index in [1.165, 1.54) is 0 Å². The molecule has 0 radical (unpaired) electrons. The second-order valence-electron chi connectivity index (χ2n) is 6.56. The monoisotopic (exact) mass is 316 g/mol. The average Bonchev–Trinajstić information content (AvgIpc) is 2.55. The normalized spacial score (nSPS) is 20.3. The zero-order chi connectivity index (χ0) is 16.9. The van der Waals surface area contributed by atoms with Crippen molar-refractivity contribution >= 4 is 17.5 Å². The molecule has 0 unspecified atom stereocenters. The molecular weight excluding hydrogens is 288 g/mol. The second kappa shape index (κ2) is 7.62. The van der Waals surface area contributed by atoms with E-state index < -0.39 is 5.41 Å². The summed E-state index contributed by atoms with van der Waals surface area (Å²) < 4.78 is 0. The third-order valence-corrected chi connectivity index (χ3v) is 4.60. The number of rotatable bonds is 7. The van der Waals surface area contributed by atoms with Crippen LogP contribution < -0.4 is 10.2 Å². The summed E-state index contributed by atoms with van der Waals surface area (Å²) in [6, 6.07) is 7.94. The number of benzene rings is 1. The maximum Gasteiger partial charge on any atom is 0.242 e. The van der Waals surface area contributed by atoms with Crippen LogP contribution in [-0.4, -0.2) is 24.9 Å². The number of nitrogens with zero attached hydrogens (tertiary/aromatic N) is 1. The first-order chi connectivity index (χ1) is 11.0. The molecule has 4 nitrogen and oxygen atoms in total. The molecule has 0 bridgehead atoms. The molecule has 1 aliphatic heterocycles. The van der Waals surface area contributed by atoms with Crippen molar-refractivity contribution in [2.24, 2.45) is 5.41 Å². The first-order valence-corrected chi connectivity index (χ1v) is 8.72. The number of carbonyl (C=O) groups excluding carboxylic acids is 2. The minimum Gasteiger partial charge on any atom is -0.355 e. The highest BCUT2D eigenvalue weighted by Crippen LogP contribution is 2.37. The number of hydrogen-bond acceptors (Lipinski definition) is 2. The van der Waals surface area contributed by atoms with Crippen LogP contribution in [0.15, 0.2) is 24.3 Å². The molecule has 1 heterocycles. The van der Waals surface area contributed by atoms with Gasteiger partial charge in [-0.05, 0) is 37.8 Å². The molecule has 1 atom stereocenters. The van der Waals surface area contributed by atoms with Gasteiger partial charge in [0.25, 0.3) is 0 Å². The second-order valence-corrected chi connectivity index (χ2v) is 6.56. The highest BCUT2D eigenvalue weighted by Gasteiger charge is 2.47. The van der Waals surface area contributed by atoms with E-state index in [2.05, 4.69) is 19.2 Å². The lowest BCUT2D eigenvalue weighted by molar-refractivity contribution is -0.141. The number of para-hydroxylation sites is 1. The molecule has 0 fully saturated rings. The summed E-state index contributed by atoms with van der Waals surface area (Å²) in [5.74, 6) is -0.217. The summed E-state index contributed by atoms with van der Waals surface area (Å²) >= 11 is 0. The Labute approximate surface area is 139 Å². The molecule has 1 aromatic carbocycles. The van der Waals surface area contributed by atoms with Gasteiger partial charge in [0.15, 0.2) is 0 Å². The Hall–Kier alpha value is -1.84. The predicted octanol–water partition coefficient (Wildman–Crippen LogP) is 3.30. The smallest absolute Gasteiger partial charge is 0.242 e. The largest absolute Gasteiger partial charge is 0.355 e. The molecule has 0 saturated carbocycles. The van der Waals surface area contributed by atoms with Crippen LogP contribution in [0.3, 0.4) is 0 Å². The van der Waals surface area contributed by atoms with Crippen molar-refractivity contribution in [2.45, 2.75) is 52.9 Å². The van der Waals surface area contributed by atoms with Crippen molar-refractivity contribution in [2.75, 3.05) is 18.0 Å². The molecular formula is C19H28N2O2. The van der Waals surface area contributed by atoms with Gasteiger partial charge in [0.2, 0.25) is 11.8 Å². The van der Waals surface area contributed by atoms with Gasteiger partial charge in [0.1, 0.15) is 5.41 Å². The molecule has 23 heavy (non-hydrogen) atoms. The fraction of sp³-hybridized carbons (Fsp3) is 0.579. The van der Waals surface area contributed by atoms with E-state index in [0.717, 1.165) is 36.9 Å². The fourth-order valence-corrected chi connectivity index (χ4v) is 3.08. The van der Waals surface area contributed by atoms with Gasteiger partial charge in [-0.25, -0.2) is 0 Å². The van der Waals surface area contributed by atoms with E-state index in [1.54, 1.807) is 6.92 Å². The average molecular weight is 316 g/mol. The minimum absolute atomic E-state index is 0.0707. The zero-order valence-electron chi connectivity index (χ0n) is 14.5. The van der Waals surface area contributed by atoms with Crippen LogP contribution in [0.4, 0.5) is 5.69 Å². The van der Waals surface area contributed by atoms with E-state index >= 15 is 0 Å². The number of hydrogen-bond donors (Lipinski definition) is 1. The molecule has 1 N–H and O–H groups in total. The van der Waals surface area contributed by atoms with Crippen molar-refractivity contribution in [3.63, 3.8) is 0 Å². The van der Waals surface area contributed by atoms with Gasteiger partial charge < -0.3 is 10.2 Å². The van der Waals surface area contributed by atoms with Crippen molar-refractivity contribution in [1.29, 1.82) is 0 Å². The van der Waals surface area contributed by atoms with Crippen LogP contribution in [0.2, 0.25) is 0 Å². The minimum atomic E-state index is -1.00. The predicted molar refractivity (Wildman–Crippen MR) is 93.4 cm³/mol. The van der Waals surface area contributed by atoms with Crippen molar-refractivity contribution in [1.82, 2.24) is 5.32 Å².